The number of guanidine groups is 1. The van der Waals surface area contributed by atoms with Gasteiger partial charge in [0.15, 0.2) is 0 Å². The first-order valence-electron chi connectivity index (χ1n) is 5.53. The van der Waals surface area contributed by atoms with Crippen LogP contribution >= 0.6 is 0 Å². The molecule has 0 heterocycles. The van der Waals surface area contributed by atoms with Crippen molar-refractivity contribution < 1.29 is 8.42 Å². The molecule has 0 unspecified atom stereocenters. The van der Waals surface area contributed by atoms with Gasteiger partial charge in [-0.05, 0) is 5.56 Å². The number of sulfonamides is 1. The Morgan fingerprint density at radius 2 is 1.56 bits per heavy atom. The Balaban J connectivity index is 2.97. The summed E-state index contributed by atoms with van der Waals surface area (Å²) in [6.07, 6.45) is 0. The second-order valence-corrected chi connectivity index (χ2v) is 6.03. The van der Waals surface area contributed by atoms with Crippen molar-refractivity contribution in [2.75, 3.05) is 28.2 Å². The molecule has 0 aliphatic rings. The monoisotopic (exact) mass is 269 g/mol. The van der Waals surface area contributed by atoms with Gasteiger partial charge in [0, 0.05) is 28.2 Å². The number of hydrogen-bond acceptors (Lipinski definition) is 2. The predicted molar refractivity (Wildman–Crippen MR) is 73.9 cm³/mol. The number of hydrogen-bond donors (Lipinski definition) is 0. The summed E-state index contributed by atoms with van der Waals surface area (Å²) in [6, 6.07) is 9.03. The average molecular weight is 269 g/mol. The quantitative estimate of drug-likeness (QED) is 0.607. The van der Waals surface area contributed by atoms with E-state index in [1.165, 1.54) is 0 Å². The Morgan fingerprint density at radius 1 is 1.06 bits per heavy atom. The maximum atomic E-state index is 12.0. The summed E-state index contributed by atoms with van der Waals surface area (Å²) in [5, 5.41) is 0. The van der Waals surface area contributed by atoms with Crippen LogP contribution in [0.15, 0.2) is 34.7 Å². The largest absolute Gasteiger partial charge is 0.348 e. The van der Waals surface area contributed by atoms with E-state index in [2.05, 4.69) is 4.40 Å². The van der Waals surface area contributed by atoms with Gasteiger partial charge in [0.25, 0.3) is 10.0 Å². The molecular weight excluding hydrogens is 250 g/mol. The maximum absolute atomic E-state index is 12.0. The van der Waals surface area contributed by atoms with Crippen LogP contribution in [0.3, 0.4) is 0 Å². The summed E-state index contributed by atoms with van der Waals surface area (Å²) < 4.78 is 27.8. The van der Waals surface area contributed by atoms with E-state index in [1.807, 2.05) is 18.2 Å². The Hall–Kier alpha value is -1.56. The van der Waals surface area contributed by atoms with E-state index < -0.39 is 10.0 Å². The standard InChI is InChI=1S/C12H19N3O2S/c1-14(2)12(15(3)4)13-18(16,17)10-11-8-6-5-7-9-11/h5-9H,10H2,1-4H3. The molecule has 1 rings (SSSR count). The fourth-order valence-electron chi connectivity index (χ4n) is 1.50. The van der Waals surface area contributed by atoms with Crippen LogP contribution in [0, 0.1) is 0 Å². The van der Waals surface area contributed by atoms with Crippen molar-refractivity contribution >= 4 is 16.0 Å². The molecule has 0 radical (unpaired) electrons. The first-order chi connectivity index (χ1) is 8.32. The summed E-state index contributed by atoms with van der Waals surface area (Å²) in [7, 11) is 3.52. The molecule has 0 spiro atoms. The van der Waals surface area contributed by atoms with E-state index >= 15 is 0 Å². The van der Waals surface area contributed by atoms with Gasteiger partial charge >= 0.3 is 0 Å². The second kappa shape index (κ2) is 5.86. The number of benzene rings is 1. The van der Waals surface area contributed by atoms with E-state index in [0.29, 0.717) is 5.96 Å². The Labute approximate surface area is 109 Å². The molecule has 100 valence electrons. The van der Waals surface area contributed by atoms with Crippen molar-refractivity contribution in [2.45, 2.75) is 5.75 Å². The third kappa shape index (κ3) is 4.37. The van der Waals surface area contributed by atoms with Crippen LogP contribution in [-0.4, -0.2) is 52.4 Å². The molecule has 0 aliphatic carbocycles. The molecule has 0 aliphatic heterocycles. The summed E-state index contributed by atoms with van der Waals surface area (Å²) in [5.74, 6) is 0.324. The van der Waals surface area contributed by atoms with Crippen LogP contribution in [0.2, 0.25) is 0 Å². The normalized spacial score (nSPS) is 10.9. The molecule has 0 bridgehead atoms. The highest BCUT2D eigenvalue weighted by Gasteiger charge is 2.14. The van der Waals surface area contributed by atoms with Crippen LogP contribution in [-0.2, 0) is 15.8 Å². The van der Waals surface area contributed by atoms with E-state index in [4.69, 9.17) is 0 Å². The molecular formula is C12H19N3O2S. The van der Waals surface area contributed by atoms with Crippen molar-refractivity contribution in [2.24, 2.45) is 4.40 Å². The van der Waals surface area contributed by atoms with Gasteiger partial charge in [0.2, 0.25) is 5.96 Å². The lowest BCUT2D eigenvalue weighted by Gasteiger charge is -2.22. The zero-order valence-electron chi connectivity index (χ0n) is 11.2. The van der Waals surface area contributed by atoms with Crippen LogP contribution in [0.4, 0.5) is 0 Å². The minimum atomic E-state index is -3.52. The molecule has 6 heteroatoms. The lowest BCUT2D eigenvalue weighted by Crippen LogP contribution is -2.36. The predicted octanol–water partition coefficient (Wildman–Crippen LogP) is 0.996. The van der Waals surface area contributed by atoms with Gasteiger partial charge in [-0.3, -0.25) is 0 Å². The molecule has 0 atom stereocenters. The van der Waals surface area contributed by atoms with Gasteiger partial charge in [-0.1, -0.05) is 30.3 Å². The minimum absolute atomic E-state index is 0.0843. The molecule has 0 saturated heterocycles. The smallest absolute Gasteiger partial charge is 0.260 e. The Morgan fingerprint density at radius 3 is 2.00 bits per heavy atom. The highest BCUT2D eigenvalue weighted by atomic mass is 32.2. The van der Waals surface area contributed by atoms with Crippen LogP contribution in [0.25, 0.3) is 0 Å². The van der Waals surface area contributed by atoms with E-state index in [-0.39, 0.29) is 5.75 Å². The second-order valence-electron chi connectivity index (χ2n) is 4.39. The fourth-order valence-corrected chi connectivity index (χ4v) is 2.76. The third-order valence-electron chi connectivity index (χ3n) is 2.21. The number of nitrogens with zero attached hydrogens (tertiary/aromatic N) is 3. The third-order valence-corrected chi connectivity index (χ3v) is 3.35. The van der Waals surface area contributed by atoms with Crippen LogP contribution < -0.4 is 0 Å². The lowest BCUT2D eigenvalue weighted by molar-refractivity contribution is 0.484. The van der Waals surface area contributed by atoms with Crippen molar-refractivity contribution in [3.8, 4) is 0 Å². The number of rotatable bonds is 3. The van der Waals surface area contributed by atoms with Gasteiger partial charge in [-0.25, -0.2) is 8.42 Å². The average Bonchev–Trinajstić information content (AvgIpc) is 2.26. The first-order valence-corrected chi connectivity index (χ1v) is 7.14. The van der Waals surface area contributed by atoms with Gasteiger partial charge in [-0.2, -0.15) is 0 Å². The van der Waals surface area contributed by atoms with Crippen molar-refractivity contribution in [1.29, 1.82) is 0 Å². The molecule has 0 fully saturated rings. The fraction of sp³-hybridized carbons (Fsp3) is 0.417. The summed E-state index contributed by atoms with van der Waals surface area (Å²) in [5.41, 5.74) is 0.734. The summed E-state index contributed by atoms with van der Waals surface area (Å²) >= 11 is 0. The summed E-state index contributed by atoms with van der Waals surface area (Å²) in [6.45, 7) is 0. The zero-order chi connectivity index (χ0) is 13.8. The summed E-state index contributed by atoms with van der Waals surface area (Å²) in [4.78, 5) is 3.34. The van der Waals surface area contributed by atoms with E-state index in [1.54, 1.807) is 50.1 Å². The molecule has 0 amide bonds. The maximum Gasteiger partial charge on any atom is 0.260 e. The van der Waals surface area contributed by atoms with E-state index in [9.17, 15) is 8.42 Å². The van der Waals surface area contributed by atoms with Gasteiger partial charge in [0.05, 0.1) is 5.75 Å². The van der Waals surface area contributed by atoms with Crippen LogP contribution in [0.5, 0.6) is 0 Å². The van der Waals surface area contributed by atoms with Crippen LogP contribution in [0.1, 0.15) is 5.56 Å². The highest BCUT2D eigenvalue weighted by molar-refractivity contribution is 7.89. The Kier molecular flexibility index (Phi) is 4.72. The first kappa shape index (κ1) is 14.5. The van der Waals surface area contributed by atoms with Crippen molar-refractivity contribution in [3.63, 3.8) is 0 Å². The van der Waals surface area contributed by atoms with Gasteiger partial charge in [-0.15, -0.1) is 4.40 Å². The van der Waals surface area contributed by atoms with Crippen molar-refractivity contribution in [1.82, 2.24) is 9.80 Å². The molecule has 18 heavy (non-hydrogen) atoms. The SMILES string of the molecule is CN(C)C(=NS(=O)(=O)Cc1ccccc1)N(C)C. The topological polar surface area (TPSA) is 53.0 Å². The molecule has 1 aromatic carbocycles. The molecule has 0 aromatic heterocycles. The molecule has 1 aromatic rings. The molecule has 0 saturated carbocycles. The van der Waals surface area contributed by atoms with Gasteiger partial charge in [0.1, 0.15) is 0 Å². The minimum Gasteiger partial charge on any atom is -0.348 e. The lowest BCUT2D eigenvalue weighted by atomic mass is 10.2. The van der Waals surface area contributed by atoms with E-state index in [0.717, 1.165) is 5.56 Å². The zero-order valence-corrected chi connectivity index (χ0v) is 12.0. The molecule has 0 N–H and O–H groups in total. The Bertz CT molecular complexity index is 497. The molecule has 5 nitrogen and oxygen atoms in total. The highest BCUT2D eigenvalue weighted by Crippen LogP contribution is 2.08. The van der Waals surface area contributed by atoms with Crippen molar-refractivity contribution in [3.05, 3.63) is 35.9 Å². The van der Waals surface area contributed by atoms with Gasteiger partial charge < -0.3 is 9.80 Å².